The molecule has 14 nitrogen and oxygen atoms in total. The molecule has 0 aliphatic heterocycles. The Morgan fingerprint density at radius 1 is 0.565 bits per heavy atom. The predicted molar refractivity (Wildman–Crippen MR) is 182 cm³/mol. The third-order valence-corrected chi connectivity index (χ3v) is 12.6. The van der Waals surface area contributed by atoms with Gasteiger partial charge < -0.3 is 37.2 Å². The number of rotatable bonds is 23. The molecule has 0 fully saturated rings. The lowest BCUT2D eigenvalue weighted by atomic mass is 10.2. The molecule has 0 bridgehead atoms. The van der Waals surface area contributed by atoms with Crippen molar-refractivity contribution in [2.45, 2.75) is 66.5 Å². The fourth-order valence-electron chi connectivity index (χ4n) is 4.63. The van der Waals surface area contributed by atoms with Gasteiger partial charge in [0.1, 0.15) is 11.6 Å². The summed E-state index contributed by atoms with van der Waals surface area (Å²) in [5.74, 6) is 0.723. The summed E-state index contributed by atoms with van der Waals surface area (Å²) in [6, 6.07) is 10.9. The van der Waals surface area contributed by atoms with Gasteiger partial charge in [0, 0.05) is 64.8 Å². The highest BCUT2D eigenvalue weighted by Gasteiger charge is 2.40. The first-order chi connectivity index (χ1) is 22.3. The number of pyridine rings is 2. The highest BCUT2D eigenvalue weighted by atomic mass is 28.4. The Kier molecular flexibility index (Phi) is 18.5. The van der Waals surface area contributed by atoms with Crippen LogP contribution in [0.3, 0.4) is 0 Å². The zero-order chi connectivity index (χ0) is 33.7. The molecule has 0 aliphatic rings. The molecule has 0 radical (unpaired) electrons. The third kappa shape index (κ3) is 13.8. The highest BCUT2D eigenvalue weighted by molar-refractivity contribution is 6.61. The van der Waals surface area contributed by atoms with E-state index in [4.69, 9.17) is 26.6 Å². The van der Waals surface area contributed by atoms with Crippen LogP contribution in [0.5, 0.6) is 0 Å². The second kappa shape index (κ2) is 21.8. The number of amides is 4. The van der Waals surface area contributed by atoms with E-state index in [2.05, 4.69) is 31.2 Å². The average molecular weight is 681 g/mol. The lowest BCUT2D eigenvalue weighted by Crippen LogP contribution is -2.46. The Balaban J connectivity index is 1.89. The summed E-state index contributed by atoms with van der Waals surface area (Å²) in [5, 5.41) is 11.2. The zero-order valence-corrected chi connectivity index (χ0v) is 30.1. The molecule has 0 saturated heterocycles. The fraction of sp³-hybridized carbons (Fsp3) is 0.600. The maximum atomic E-state index is 12.6. The topological polar surface area (TPSA) is 163 Å². The minimum Gasteiger partial charge on any atom is -0.374 e. The second-order valence-electron chi connectivity index (χ2n) is 9.75. The fourth-order valence-corrected chi connectivity index (χ4v) is 9.86. The van der Waals surface area contributed by atoms with Crippen molar-refractivity contribution in [1.82, 2.24) is 20.6 Å². The lowest BCUT2D eigenvalue weighted by Gasteiger charge is -2.28. The molecule has 0 spiro atoms. The van der Waals surface area contributed by atoms with Crippen molar-refractivity contribution in [2.75, 3.05) is 63.4 Å². The van der Waals surface area contributed by atoms with E-state index in [0.717, 1.165) is 0 Å². The number of carbonyl (C=O) groups is 2. The summed E-state index contributed by atoms with van der Waals surface area (Å²) in [7, 11) is -5.52. The van der Waals surface area contributed by atoms with Crippen molar-refractivity contribution in [3.8, 4) is 11.4 Å². The van der Waals surface area contributed by atoms with Gasteiger partial charge in [-0.15, -0.1) is 0 Å². The van der Waals surface area contributed by atoms with Gasteiger partial charge in [0.15, 0.2) is 0 Å². The van der Waals surface area contributed by atoms with E-state index in [1.807, 2.05) is 41.5 Å². The summed E-state index contributed by atoms with van der Waals surface area (Å²) in [4.78, 5) is 34.2. The normalized spacial score (nSPS) is 11.7. The summed E-state index contributed by atoms with van der Waals surface area (Å²) in [6.45, 7) is 15.3. The van der Waals surface area contributed by atoms with E-state index in [-0.39, 0.29) is 12.1 Å². The van der Waals surface area contributed by atoms with Gasteiger partial charge in [-0.25, -0.2) is 19.6 Å². The van der Waals surface area contributed by atoms with Crippen molar-refractivity contribution in [1.29, 1.82) is 0 Å². The third-order valence-electron chi connectivity index (χ3n) is 6.32. The number of hydrogen-bond donors (Lipinski definition) is 4. The maximum Gasteiger partial charge on any atom is 0.500 e. The molecule has 46 heavy (non-hydrogen) atoms. The molecule has 0 aliphatic carbocycles. The van der Waals surface area contributed by atoms with Crippen LogP contribution in [0.4, 0.5) is 21.2 Å². The molecule has 2 heterocycles. The lowest BCUT2D eigenvalue weighted by molar-refractivity contribution is 0.0701. The van der Waals surface area contributed by atoms with E-state index in [1.165, 1.54) is 0 Å². The smallest absolute Gasteiger partial charge is 0.374 e. The van der Waals surface area contributed by atoms with E-state index in [1.54, 1.807) is 36.4 Å². The molecular weight excluding hydrogens is 629 g/mol. The van der Waals surface area contributed by atoms with Gasteiger partial charge in [-0.3, -0.25) is 10.6 Å². The summed E-state index contributed by atoms with van der Waals surface area (Å²) >= 11 is 0. The van der Waals surface area contributed by atoms with Crippen LogP contribution in [-0.2, 0) is 26.6 Å². The van der Waals surface area contributed by atoms with Crippen LogP contribution >= 0.6 is 0 Å². The van der Waals surface area contributed by atoms with Gasteiger partial charge in [-0.1, -0.05) is 12.1 Å². The monoisotopic (exact) mass is 680 g/mol. The van der Waals surface area contributed by atoms with E-state index in [0.29, 0.717) is 101 Å². The molecule has 4 amide bonds. The van der Waals surface area contributed by atoms with Crippen molar-refractivity contribution in [2.24, 2.45) is 0 Å². The van der Waals surface area contributed by atoms with Crippen molar-refractivity contribution in [3.05, 3.63) is 36.4 Å². The van der Waals surface area contributed by atoms with Crippen molar-refractivity contribution >= 4 is 41.3 Å². The molecule has 0 aromatic carbocycles. The number of nitrogens with zero attached hydrogens (tertiary/aromatic N) is 2. The Hall–Kier alpha value is -2.97. The van der Waals surface area contributed by atoms with Crippen LogP contribution in [-0.4, -0.2) is 92.4 Å². The summed E-state index contributed by atoms with van der Waals surface area (Å²) < 4.78 is 35.2. The molecule has 2 rings (SSSR count). The van der Waals surface area contributed by atoms with Gasteiger partial charge in [0.25, 0.3) is 0 Å². The number of carbonyl (C=O) groups excluding carboxylic acids is 2. The average Bonchev–Trinajstić information content (AvgIpc) is 3.03. The number of nitrogens with one attached hydrogen (secondary N) is 4. The first kappa shape index (κ1) is 39.2. The van der Waals surface area contributed by atoms with E-state index in [9.17, 15) is 9.59 Å². The summed E-state index contributed by atoms with van der Waals surface area (Å²) in [5.41, 5.74) is 1.07. The minimum atomic E-state index is -2.76. The van der Waals surface area contributed by atoms with Gasteiger partial charge in [0.2, 0.25) is 0 Å². The Labute approximate surface area is 275 Å². The Morgan fingerprint density at radius 3 is 1.20 bits per heavy atom. The number of aromatic nitrogens is 2. The van der Waals surface area contributed by atoms with Crippen LogP contribution in [0.25, 0.3) is 11.4 Å². The second-order valence-corrected chi connectivity index (χ2v) is 15.2. The molecule has 0 atom stereocenters. The quantitative estimate of drug-likeness (QED) is 0.0899. The van der Waals surface area contributed by atoms with Crippen LogP contribution in [0, 0.1) is 0 Å². The largest absolute Gasteiger partial charge is 0.500 e. The standard InChI is InChI=1S/C30H52N6O8Si2/c1-7-39-45(40-8-2,41-9-3)23-15-21-31-29(37)35-27-19-13-17-25(33-27)26-18-14-20-28(34-26)36-30(38)32-22-16-24-46(42-10-4,43-11-5)44-12-6/h13-14,17-20H,7-12,15-16,21-24H2,1-6H3,(H2,31,33,35,37)(H2,32,34,36,38). The van der Waals surface area contributed by atoms with Gasteiger partial charge >= 0.3 is 29.7 Å². The molecule has 2 aromatic heterocycles. The van der Waals surface area contributed by atoms with Crippen LogP contribution in [0.15, 0.2) is 36.4 Å². The zero-order valence-electron chi connectivity index (χ0n) is 28.1. The Bertz CT molecular complexity index is 1060. The summed E-state index contributed by atoms with van der Waals surface area (Å²) in [6.07, 6.45) is 1.28. The predicted octanol–water partition coefficient (Wildman–Crippen LogP) is 5.26. The maximum absolute atomic E-state index is 12.6. The van der Waals surface area contributed by atoms with Crippen molar-refractivity contribution in [3.63, 3.8) is 0 Å². The van der Waals surface area contributed by atoms with Gasteiger partial charge in [0.05, 0.1) is 11.4 Å². The van der Waals surface area contributed by atoms with Crippen LogP contribution in [0.1, 0.15) is 54.4 Å². The highest BCUT2D eigenvalue weighted by Crippen LogP contribution is 2.20. The van der Waals surface area contributed by atoms with Crippen LogP contribution in [0.2, 0.25) is 12.1 Å². The molecule has 0 saturated carbocycles. The molecular formula is C30H52N6O8Si2. The number of anilines is 2. The molecule has 4 N–H and O–H groups in total. The van der Waals surface area contributed by atoms with Crippen molar-refractivity contribution < 1.29 is 36.1 Å². The number of urea groups is 2. The first-order valence-corrected chi connectivity index (χ1v) is 20.0. The van der Waals surface area contributed by atoms with E-state index < -0.39 is 17.6 Å². The molecule has 0 unspecified atom stereocenters. The van der Waals surface area contributed by atoms with Gasteiger partial charge in [-0.05, 0) is 78.6 Å². The van der Waals surface area contributed by atoms with Gasteiger partial charge in [-0.2, -0.15) is 0 Å². The number of hydrogen-bond acceptors (Lipinski definition) is 10. The van der Waals surface area contributed by atoms with Crippen LogP contribution < -0.4 is 21.3 Å². The molecule has 258 valence electrons. The first-order valence-electron chi connectivity index (χ1n) is 16.2. The molecule has 2 aromatic rings. The molecule has 16 heteroatoms. The van der Waals surface area contributed by atoms with E-state index >= 15 is 0 Å². The Morgan fingerprint density at radius 2 is 0.891 bits per heavy atom. The minimum absolute atomic E-state index is 0.361. The SMILES string of the molecule is CCO[Si](CCCNC(=O)Nc1cccc(-c2cccc(NC(=O)NCCC[Si](OCC)(OCC)OCC)n2)n1)(OCC)OCC.